The Bertz CT molecular complexity index is 1050. The van der Waals surface area contributed by atoms with Crippen LogP contribution in [0.15, 0.2) is 34.7 Å². The summed E-state index contributed by atoms with van der Waals surface area (Å²) in [6.45, 7) is 4.10. The molecule has 1 amide bonds. The molecule has 2 aromatic rings. The molecule has 1 saturated carbocycles. The normalized spacial score (nSPS) is 24.6. The van der Waals surface area contributed by atoms with Gasteiger partial charge in [0.05, 0.1) is 18.1 Å². The number of benzene rings is 1. The summed E-state index contributed by atoms with van der Waals surface area (Å²) in [6.07, 6.45) is 1.55. The maximum atomic E-state index is 13.0. The van der Waals surface area contributed by atoms with Crippen molar-refractivity contribution >= 4 is 27.3 Å². The van der Waals surface area contributed by atoms with Gasteiger partial charge >= 0.3 is 0 Å². The minimum atomic E-state index is -3.13. The van der Waals surface area contributed by atoms with Crippen LogP contribution in [-0.4, -0.2) is 43.4 Å². The lowest BCUT2D eigenvalue weighted by molar-refractivity contribution is -0.136. The third-order valence-corrected chi connectivity index (χ3v) is 7.93. The van der Waals surface area contributed by atoms with Crippen molar-refractivity contribution in [2.75, 3.05) is 18.1 Å². The summed E-state index contributed by atoms with van der Waals surface area (Å²) in [5, 5.41) is 0.600. The molecule has 2 heterocycles. The van der Waals surface area contributed by atoms with E-state index in [1.54, 1.807) is 23.1 Å². The van der Waals surface area contributed by atoms with Crippen LogP contribution >= 0.6 is 11.6 Å². The number of halogens is 1. The molecule has 1 aliphatic carbocycles. The van der Waals surface area contributed by atoms with E-state index in [1.165, 1.54) is 0 Å². The number of hydrogen-bond donors (Lipinski definition) is 0. The van der Waals surface area contributed by atoms with Gasteiger partial charge in [-0.25, -0.2) is 8.42 Å². The first-order chi connectivity index (χ1) is 14.2. The average Bonchev–Trinajstić information content (AvgIpc) is 3.07. The van der Waals surface area contributed by atoms with Crippen LogP contribution in [0, 0.1) is 12.8 Å². The summed E-state index contributed by atoms with van der Waals surface area (Å²) in [6, 6.07) is 8.68. The van der Waals surface area contributed by atoms with E-state index in [1.807, 2.05) is 19.1 Å². The van der Waals surface area contributed by atoms with E-state index in [9.17, 15) is 13.2 Å². The molecule has 8 heteroatoms. The zero-order valence-electron chi connectivity index (χ0n) is 17.1. The van der Waals surface area contributed by atoms with Gasteiger partial charge in [-0.3, -0.25) is 4.79 Å². The van der Waals surface area contributed by atoms with Crippen LogP contribution in [0.3, 0.4) is 0 Å². The lowest BCUT2D eigenvalue weighted by atomic mass is 10.2. The van der Waals surface area contributed by atoms with Gasteiger partial charge in [-0.15, -0.1) is 0 Å². The maximum Gasteiger partial charge on any atom is 0.261 e. The van der Waals surface area contributed by atoms with Crippen LogP contribution in [0.25, 0.3) is 0 Å². The SMILES string of the molecule is Cc1cc(Cl)ccc1OCC(=O)N(Cc1ccc(C2CC2C)o1)C1CCS(=O)(=O)C1. The summed E-state index contributed by atoms with van der Waals surface area (Å²) >= 11 is 5.97. The van der Waals surface area contributed by atoms with Gasteiger partial charge in [-0.2, -0.15) is 0 Å². The van der Waals surface area contributed by atoms with Gasteiger partial charge in [0.1, 0.15) is 17.3 Å². The number of nitrogens with zero attached hydrogens (tertiary/aromatic N) is 1. The highest BCUT2D eigenvalue weighted by Crippen LogP contribution is 2.47. The summed E-state index contributed by atoms with van der Waals surface area (Å²) in [5.74, 6) is 3.08. The molecule has 4 rings (SSSR count). The lowest BCUT2D eigenvalue weighted by Crippen LogP contribution is -2.43. The predicted molar refractivity (Wildman–Crippen MR) is 115 cm³/mol. The highest BCUT2D eigenvalue weighted by molar-refractivity contribution is 7.91. The molecule has 1 aromatic carbocycles. The first-order valence-electron chi connectivity index (χ1n) is 10.2. The number of sulfone groups is 1. The average molecular weight is 452 g/mol. The van der Waals surface area contributed by atoms with Gasteiger partial charge < -0.3 is 14.1 Å². The van der Waals surface area contributed by atoms with Crippen molar-refractivity contribution in [3.63, 3.8) is 0 Å². The van der Waals surface area contributed by atoms with Crippen molar-refractivity contribution in [1.29, 1.82) is 0 Å². The van der Waals surface area contributed by atoms with Gasteiger partial charge in [-0.1, -0.05) is 18.5 Å². The summed E-state index contributed by atoms with van der Waals surface area (Å²) in [5.41, 5.74) is 0.833. The van der Waals surface area contributed by atoms with Crippen molar-refractivity contribution in [2.24, 2.45) is 5.92 Å². The van der Waals surface area contributed by atoms with Gasteiger partial charge in [0.25, 0.3) is 5.91 Å². The number of furan rings is 1. The van der Waals surface area contributed by atoms with Crippen molar-refractivity contribution in [3.05, 3.63) is 52.4 Å². The Kier molecular flexibility index (Phi) is 5.86. The molecule has 0 spiro atoms. The third-order valence-electron chi connectivity index (χ3n) is 5.94. The van der Waals surface area contributed by atoms with E-state index in [0.29, 0.717) is 34.8 Å². The third kappa shape index (κ3) is 4.83. The second-order valence-corrected chi connectivity index (χ2v) is 11.1. The molecule has 3 unspecified atom stereocenters. The fraction of sp³-hybridized carbons (Fsp3) is 0.500. The minimum absolute atomic E-state index is 0.0219. The zero-order chi connectivity index (χ0) is 21.5. The molecule has 0 bridgehead atoms. The van der Waals surface area contributed by atoms with E-state index in [-0.39, 0.29) is 36.6 Å². The Labute approximate surface area is 182 Å². The number of hydrogen-bond acceptors (Lipinski definition) is 5. The molecule has 3 atom stereocenters. The molecule has 30 heavy (non-hydrogen) atoms. The van der Waals surface area contributed by atoms with Crippen molar-refractivity contribution < 1.29 is 22.4 Å². The van der Waals surface area contributed by atoms with E-state index in [2.05, 4.69) is 6.92 Å². The van der Waals surface area contributed by atoms with Crippen LogP contribution < -0.4 is 4.74 Å². The Balaban J connectivity index is 1.47. The minimum Gasteiger partial charge on any atom is -0.483 e. The summed E-state index contributed by atoms with van der Waals surface area (Å²) < 4.78 is 35.7. The molecule has 1 saturated heterocycles. The quantitative estimate of drug-likeness (QED) is 0.636. The van der Waals surface area contributed by atoms with Gasteiger partial charge in [-0.05, 0) is 61.6 Å². The highest BCUT2D eigenvalue weighted by atomic mass is 35.5. The molecule has 6 nitrogen and oxygen atoms in total. The Morgan fingerprint density at radius 3 is 2.70 bits per heavy atom. The van der Waals surface area contributed by atoms with Crippen LogP contribution in [0.4, 0.5) is 0 Å². The second kappa shape index (κ2) is 8.27. The van der Waals surface area contributed by atoms with Crippen LogP contribution in [0.1, 0.15) is 42.8 Å². The fourth-order valence-electron chi connectivity index (χ4n) is 4.00. The van der Waals surface area contributed by atoms with Gasteiger partial charge in [0.2, 0.25) is 0 Å². The molecular formula is C22H26ClNO5S. The molecule has 0 radical (unpaired) electrons. The van der Waals surface area contributed by atoms with Crippen molar-refractivity contribution in [2.45, 2.75) is 45.2 Å². The Morgan fingerprint density at radius 1 is 1.30 bits per heavy atom. The summed E-state index contributed by atoms with van der Waals surface area (Å²) in [7, 11) is -3.13. The van der Waals surface area contributed by atoms with Crippen LogP contribution in [0.2, 0.25) is 5.02 Å². The van der Waals surface area contributed by atoms with E-state index >= 15 is 0 Å². The maximum absolute atomic E-state index is 13.0. The molecule has 0 N–H and O–H groups in total. The molecular weight excluding hydrogens is 426 g/mol. The highest BCUT2D eigenvalue weighted by Gasteiger charge is 2.38. The standard InChI is InChI=1S/C22H26ClNO5S/c1-14-10-19(14)21-6-4-18(29-21)11-24(17-7-8-30(26,27)13-17)22(25)12-28-20-5-3-16(23)9-15(20)2/h3-6,9,14,17,19H,7-8,10-13H2,1-2H3. The summed E-state index contributed by atoms with van der Waals surface area (Å²) in [4.78, 5) is 14.6. The predicted octanol–water partition coefficient (Wildman–Crippen LogP) is 3.96. The van der Waals surface area contributed by atoms with E-state index < -0.39 is 9.84 Å². The number of carbonyl (C=O) groups excluding carboxylic acids is 1. The van der Waals surface area contributed by atoms with Crippen LogP contribution in [0.5, 0.6) is 5.75 Å². The van der Waals surface area contributed by atoms with Gasteiger partial charge in [0, 0.05) is 17.0 Å². The zero-order valence-corrected chi connectivity index (χ0v) is 18.7. The number of ether oxygens (including phenoxy) is 1. The van der Waals surface area contributed by atoms with Crippen molar-refractivity contribution in [1.82, 2.24) is 4.90 Å². The molecule has 2 aliphatic rings. The van der Waals surface area contributed by atoms with Gasteiger partial charge in [0.15, 0.2) is 16.4 Å². The largest absolute Gasteiger partial charge is 0.483 e. The van der Waals surface area contributed by atoms with E-state index in [0.717, 1.165) is 17.7 Å². The topological polar surface area (TPSA) is 76.8 Å². The smallest absolute Gasteiger partial charge is 0.261 e. The number of rotatable bonds is 7. The molecule has 2 fully saturated rings. The van der Waals surface area contributed by atoms with E-state index in [4.69, 9.17) is 20.8 Å². The molecule has 162 valence electrons. The Hall–Kier alpha value is -1.99. The monoisotopic (exact) mass is 451 g/mol. The number of amides is 1. The first-order valence-corrected chi connectivity index (χ1v) is 12.4. The molecule has 1 aliphatic heterocycles. The first kappa shape index (κ1) is 21.2. The number of carbonyl (C=O) groups is 1. The lowest BCUT2D eigenvalue weighted by Gasteiger charge is -2.27. The fourth-order valence-corrected chi connectivity index (χ4v) is 5.96. The number of aryl methyl sites for hydroxylation is 1. The second-order valence-electron chi connectivity index (χ2n) is 8.40. The van der Waals surface area contributed by atoms with Crippen molar-refractivity contribution in [3.8, 4) is 5.75 Å². The molecule has 1 aromatic heterocycles. The van der Waals surface area contributed by atoms with Crippen LogP contribution in [-0.2, 0) is 21.2 Å². The Morgan fingerprint density at radius 2 is 2.07 bits per heavy atom.